The minimum absolute atomic E-state index is 0.167. The van der Waals surface area contributed by atoms with Crippen LogP contribution >= 0.6 is 23.1 Å². The second-order valence-corrected chi connectivity index (χ2v) is 8.93. The van der Waals surface area contributed by atoms with Gasteiger partial charge in [-0.25, -0.2) is 4.79 Å². The Balaban J connectivity index is 1.41. The summed E-state index contributed by atoms with van der Waals surface area (Å²) in [4.78, 5) is 24.2. The molecule has 0 aliphatic heterocycles. The third kappa shape index (κ3) is 6.24. The third-order valence-electron chi connectivity index (χ3n) is 4.22. The van der Waals surface area contributed by atoms with Gasteiger partial charge in [0.25, 0.3) is 0 Å². The van der Waals surface area contributed by atoms with Crippen LogP contribution in [0.4, 0.5) is 9.93 Å². The first-order valence-corrected chi connectivity index (χ1v) is 10.7. The van der Waals surface area contributed by atoms with Gasteiger partial charge < -0.3 is 15.1 Å². The quantitative estimate of drug-likeness (QED) is 0.601. The normalized spacial score (nSPS) is 15.9. The van der Waals surface area contributed by atoms with Gasteiger partial charge in [0.05, 0.1) is 18.1 Å². The van der Waals surface area contributed by atoms with Crippen molar-refractivity contribution >= 4 is 40.2 Å². The predicted octanol–water partition coefficient (Wildman–Crippen LogP) is 3.38. The number of imide groups is 1. The summed E-state index contributed by atoms with van der Waals surface area (Å²) in [6, 6.07) is 3.44. The predicted molar refractivity (Wildman–Crippen MR) is 105 cm³/mol. The lowest BCUT2D eigenvalue weighted by atomic mass is 9.96. The van der Waals surface area contributed by atoms with Gasteiger partial charge in [0.2, 0.25) is 11.0 Å². The first-order valence-electron chi connectivity index (χ1n) is 8.98. The molecule has 1 saturated carbocycles. The van der Waals surface area contributed by atoms with E-state index in [9.17, 15) is 9.59 Å². The number of thioether (sulfide) groups is 1. The topological polar surface area (TPSA) is 109 Å². The van der Waals surface area contributed by atoms with Crippen LogP contribution in [-0.4, -0.2) is 33.4 Å². The first kappa shape index (κ1) is 19.7. The molecule has 1 fully saturated rings. The van der Waals surface area contributed by atoms with E-state index in [0.717, 1.165) is 31.4 Å². The smallest absolute Gasteiger partial charge is 0.321 e. The Kier molecular flexibility index (Phi) is 7.11. The molecule has 8 nitrogen and oxygen atoms in total. The fourth-order valence-corrected chi connectivity index (χ4v) is 4.68. The van der Waals surface area contributed by atoms with Gasteiger partial charge in [0.15, 0.2) is 4.34 Å². The molecule has 2 aromatic heterocycles. The molecule has 1 aliphatic rings. The molecule has 10 heteroatoms. The molecule has 3 amide bonds. The summed E-state index contributed by atoms with van der Waals surface area (Å²) in [5, 5.41) is 16.7. The largest absolute Gasteiger partial charge is 0.467 e. The standard InChI is InChI=1S/C17H23N5O3S2/c1-11(14(23)20-15(24)19-12-6-3-2-4-7-12)26-17-22-21-16(27-17)18-10-13-8-5-9-25-13/h5,8-9,11-12H,2-4,6-7,10H2,1H3,(H,18,21)(H2,19,20,23,24). The summed E-state index contributed by atoms with van der Waals surface area (Å²) in [6.07, 6.45) is 7.03. The fraction of sp³-hybridized carbons (Fsp3) is 0.529. The number of aromatic nitrogens is 2. The summed E-state index contributed by atoms with van der Waals surface area (Å²) in [6.45, 7) is 2.26. The van der Waals surface area contributed by atoms with Crippen molar-refractivity contribution < 1.29 is 14.0 Å². The number of carbonyl (C=O) groups excluding carboxylic acids is 2. The van der Waals surface area contributed by atoms with Crippen molar-refractivity contribution in [3.05, 3.63) is 24.2 Å². The molecule has 0 bridgehead atoms. The van der Waals surface area contributed by atoms with Crippen LogP contribution in [0.1, 0.15) is 44.8 Å². The lowest BCUT2D eigenvalue weighted by Gasteiger charge is -2.22. The van der Waals surface area contributed by atoms with Gasteiger partial charge >= 0.3 is 6.03 Å². The highest BCUT2D eigenvalue weighted by molar-refractivity contribution is 8.02. The molecule has 1 unspecified atom stereocenters. The van der Waals surface area contributed by atoms with E-state index < -0.39 is 11.3 Å². The molecule has 1 atom stereocenters. The molecule has 27 heavy (non-hydrogen) atoms. The van der Waals surface area contributed by atoms with Gasteiger partial charge in [0.1, 0.15) is 5.76 Å². The fourth-order valence-electron chi connectivity index (χ4n) is 2.79. The van der Waals surface area contributed by atoms with Crippen molar-refractivity contribution in [3.63, 3.8) is 0 Å². The minimum atomic E-state index is -0.451. The van der Waals surface area contributed by atoms with Crippen molar-refractivity contribution in [2.45, 2.75) is 61.2 Å². The van der Waals surface area contributed by atoms with Crippen LogP contribution in [0.2, 0.25) is 0 Å². The molecule has 3 rings (SSSR count). The zero-order chi connectivity index (χ0) is 19.1. The van der Waals surface area contributed by atoms with Crippen LogP contribution < -0.4 is 16.0 Å². The van der Waals surface area contributed by atoms with Gasteiger partial charge in [-0.2, -0.15) is 0 Å². The molecular weight excluding hydrogens is 386 g/mol. The second-order valence-electron chi connectivity index (χ2n) is 6.36. The average Bonchev–Trinajstić information content (AvgIpc) is 3.32. The van der Waals surface area contributed by atoms with E-state index in [4.69, 9.17) is 4.42 Å². The number of furan rings is 1. The Morgan fingerprint density at radius 1 is 1.33 bits per heavy atom. The summed E-state index contributed by atoms with van der Waals surface area (Å²) in [5.41, 5.74) is 0. The molecule has 0 radical (unpaired) electrons. The Morgan fingerprint density at radius 3 is 2.89 bits per heavy atom. The Bertz CT molecular complexity index is 744. The lowest BCUT2D eigenvalue weighted by molar-refractivity contribution is -0.119. The van der Waals surface area contributed by atoms with Crippen LogP contribution in [0.25, 0.3) is 0 Å². The van der Waals surface area contributed by atoms with E-state index in [1.165, 1.54) is 29.5 Å². The number of nitrogens with zero attached hydrogens (tertiary/aromatic N) is 2. The number of anilines is 1. The molecule has 3 N–H and O–H groups in total. The summed E-state index contributed by atoms with van der Waals surface area (Å²) in [7, 11) is 0. The number of nitrogens with one attached hydrogen (secondary N) is 3. The van der Waals surface area contributed by atoms with Crippen LogP contribution in [0.3, 0.4) is 0 Å². The van der Waals surface area contributed by atoms with Gasteiger partial charge in [-0.3, -0.25) is 10.1 Å². The van der Waals surface area contributed by atoms with E-state index in [1.807, 2.05) is 12.1 Å². The number of amides is 3. The summed E-state index contributed by atoms with van der Waals surface area (Å²) in [5.74, 6) is 0.463. The number of urea groups is 1. The maximum absolute atomic E-state index is 12.2. The monoisotopic (exact) mass is 409 g/mol. The average molecular weight is 410 g/mol. The summed E-state index contributed by atoms with van der Waals surface area (Å²) >= 11 is 2.63. The zero-order valence-electron chi connectivity index (χ0n) is 15.1. The molecule has 0 aromatic carbocycles. The minimum Gasteiger partial charge on any atom is -0.467 e. The van der Waals surface area contributed by atoms with E-state index in [1.54, 1.807) is 13.2 Å². The van der Waals surface area contributed by atoms with Gasteiger partial charge in [-0.15, -0.1) is 10.2 Å². The van der Waals surface area contributed by atoms with E-state index in [2.05, 4.69) is 26.1 Å². The second kappa shape index (κ2) is 9.75. The number of carbonyl (C=O) groups is 2. The van der Waals surface area contributed by atoms with Crippen molar-refractivity contribution in [2.24, 2.45) is 0 Å². The molecule has 1 aliphatic carbocycles. The highest BCUT2D eigenvalue weighted by Crippen LogP contribution is 2.29. The van der Waals surface area contributed by atoms with Gasteiger partial charge in [0, 0.05) is 6.04 Å². The van der Waals surface area contributed by atoms with E-state index >= 15 is 0 Å². The first-order chi connectivity index (χ1) is 13.1. The molecule has 2 aromatic rings. The van der Waals surface area contributed by atoms with Gasteiger partial charge in [-0.1, -0.05) is 42.4 Å². The molecular formula is C17H23N5O3S2. The molecule has 0 spiro atoms. The van der Waals surface area contributed by atoms with Crippen molar-refractivity contribution in [3.8, 4) is 0 Å². The SMILES string of the molecule is CC(Sc1nnc(NCc2ccco2)s1)C(=O)NC(=O)NC1CCCCC1. The van der Waals surface area contributed by atoms with Crippen LogP contribution in [0, 0.1) is 0 Å². The lowest BCUT2D eigenvalue weighted by Crippen LogP contribution is -2.47. The summed E-state index contributed by atoms with van der Waals surface area (Å²) < 4.78 is 5.91. The van der Waals surface area contributed by atoms with Crippen molar-refractivity contribution in [1.82, 2.24) is 20.8 Å². The molecule has 146 valence electrons. The van der Waals surface area contributed by atoms with Crippen LogP contribution in [0.5, 0.6) is 0 Å². The van der Waals surface area contributed by atoms with Gasteiger partial charge in [-0.05, 0) is 31.9 Å². The highest BCUT2D eigenvalue weighted by atomic mass is 32.2. The van der Waals surface area contributed by atoms with E-state index in [-0.39, 0.29) is 11.9 Å². The van der Waals surface area contributed by atoms with Crippen molar-refractivity contribution in [2.75, 3.05) is 5.32 Å². The van der Waals surface area contributed by atoms with Crippen molar-refractivity contribution in [1.29, 1.82) is 0 Å². The maximum atomic E-state index is 12.2. The number of hydrogen-bond acceptors (Lipinski definition) is 8. The number of hydrogen-bond donors (Lipinski definition) is 3. The maximum Gasteiger partial charge on any atom is 0.321 e. The third-order valence-corrected chi connectivity index (χ3v) is 6.29. The van der Waals surface area contributed by atoms with Crippen LogP contribution in [0.15, 0.2) is 27.2 Å². The number of rotatable bonds is 7. The molecule has 0 saturated heterocycles. The zero-order valence-corrected chi connectivity index (χ0v) is 16.7. The highest BCUT2D eigenvalue weighted by Gasteiger charge is 2.21. The Hall–Kier alpha value is -2.07. The van der Waals surface area contributed by atoms with E-state index in [0.29, 0.717) is 16.0 Å². The Morgan fingerprint density at radius 2 is 2.15 bits per heavy atom. The molecule has 2 heterocycles. The van der Waals surface area contributed by atoms with Crippen LogP contribution in [-0.2, 0) is 11.3 Å². The Labute approximate surface area is 165 Å².